The van der Waals surface area contributed by atoms with Crippen LogP contribution in [0.25, 0.3) is 11.3 Å². The first-order valence-electron chi connectivity index (χ1n) is 4.87. The Morgan fingerprint density at radius 1 is 1.27 bits per heavy atom. The van der Waals surface area contributed by atoms with Crippen LogP contribution < -0.4 is 0 Å². The van der Waals surface area contributed by atoms with E-state index in [4.69, 9.17) is 16.0 Å². The van der Waals surface area contributed by atoms with E-state index in [9.17, 15) is 0 Å². The van der Waals surface area contributed by atoms with E-state index in [1.165, 1.54) is 5.56 Å². The van der Waals surface area contributed by atoms with Crippen molar-refractivity contribution in [2.24, 2.45) is 0 Å². The molecule has 0 unspecified atom stereocenters. The Bertz CT molecular complexity index is 433. The molecule has 2 aromatic rings. The summed E-state index contributed by atoms with van der Waals surface area (Å²) in [7, 11) is 0. The molecule has 0 bridgehead atoms. The van der Waals surface area contributed by atoms with Crippen LogP contribution in [0.4, 0.5) is 0 Å². The number of hydrogen-bond acceptors (Lipinski definition) is 2. The molecule has 0 amide bonds. The smallest absolute Gasteiger partial charge is 0.196 e. The average Bonchev–Trinajstić information content (AvgIpc) is 2.68. The normalized spacial score (nSPS) is 10.5. The van der Waals surface area contributed by atoms with Crippen LogP contribution >= 0.6 is 11.6 Å². The van der Waals surface area contributed by atoms with E-state index in [0.717, 1.165) is 11.3 Å². The molecule has 3 heteroatoms. The highest BCUT2D eigenvalue weighted by Gasteiger charge is 2.05. The largest absolute Gasteiger partial charge is 0.441 e. The Morgan fingerprint density at radius 3 is 2.67 bits per heavy atom. The molecule has 1 aromatic carbocycles. The Kier molecular flexibility index (Phi) is 3.07. The van der Waals surface area contributed by atoms with Crippen LogP contribution in [0.2, 0.25) is 0 Å². The molecule has 0 N–H and O–H groups in total. The molecule has 0 fully saturated rings. The van der Waals surface area contributed by atoms with Crippen LogP contribution in [0.3, 0.4) is 0 Å². The Labute approximate surface area is 93.9 Å². The second-order valence-electron chi connectivity index (χ2n) is 3.42. The quantitative estimate of drug-likeness (QED) is 0.743. The highest BCUT2D eigenvalue weighted by Crippen LogP contribution is 2.20. The van der Waals surface area contributed by atoms with E-state index in [2.05, 4.69) is 24.0 Å². The van der Waals surface area contributed by atoms with E-state index < -0.39 is 0 Å². The first-order valence-corrected chi connectivity index (χ1v) is 5.41. The molecule has 15 heavy (non-hydrogen) atoms. The number of oxazole rings is 1. The van der Waals surface area contributed by atoms with Crippen molar-refractivity contribution in [3.63, 3.8) is 0 Å². The predicted octanol–water partition coefficient (Wildman–Crippen LogP) is 3.43. The minimum Gasteiger partial charge on any atom is -0.441 e. The number of aryl methyl sites for hydroxylation is 2. The Hall–Kier alpha value is -1.28. The summed E-state index contributed by atoms with van der Waals surface area (Å²) in [5.74, 6) is 2.03. The van der Waals surface area contributed by atoms with Gasteiger partial charge in [0, 0.05) is 17.9 Å². The zero-order valence-electron chi connectivity index (χ0n) is 8.53. The SMILES string of the molecule is Cc1ccc(-c2cnc(CCCl)o2)cc1. The van der Waals surface area contributed by atoms with E-state index >= 15 is 0 Å². The van der Waals surface area contributed by atoms with Crippen molar-refractivity contribution in [3.8, 4) is 11.3 Å². The summed E-state index contributed by atoms with van der Waals surface area (Å²) in [5.41, 5.74) is 2.29. The van der Waals surface area contributed by atoms with Crippen molar-refractivity contribution in [3.05, 3.63) is 41.9 Å². The first kappa shape index (κ1) is 10.2. The molecular formula is C12H12ClNO. The van der Waals surface area contributed by atoms with Crippen LogP contribution in [0, 0.1) is 6.92 Å². The summed E-state index contributed by atoms with van der Waals surface area (Å²) in [4.78, 5) is 4.15. The number of alkyl halides is 1. The number of halogens is 1. The lowest BCUT2D eigenvalue weighted by atomic mass is 10.1. The summed E-state index contributed by atoms with van der Waals surface area (Å²) in [6.07, 6.45) is 2.42. The van der Waals surface area contributed by atoms with E-state index in [-0.39, 0.29) is 0 Å². The van der Waals surface area contributed by atoms with Gasteiger partial charge in [-0.25, -0.2) is 4.98 Å². The minimum atomic E-state index is 0.536. The number of nitrogens with zero attached hydrogens (tertiary/aromatic N) is 1. The van der Waals surface area contributed by atoms with Crippen LogP contribution in [0.5, 0.6) is 0 Å². The van der Waals surface area contributed by atoms with Gasteiger partial charge in [-0.2, -0.15) is 0 Å². The molecule has 78 valence electrons. The lowest BCUT2D eigenvalue weighted by Gasteiger charge is -1.96. The van der Waals surface area contributed by atoms with Crippen LogP contribution in [-0.4, -0.2) is 10.9 Å². The van der Waals surface area contributed by atoms with Crippen LogP contribution in [0.1, 0.15) is 11.5 Å². The van der Waals surface area contributed by atoms with Crippen LogP contribution in [-0.2, 0) is 6.42 Å². The first-order chi connectivity index (χ1) is 7.29. The predicted molar refractivity (Wildman–Crippen MR) is 61.1 cm³/mol. The molecule has 0 saturated carbocycles. The zero-order valence-corrected chi connectivity index (χ0v) is 9.29. The fraction of sp³-hybridized carbons (Fsp3) is 0.250. The van der Waals surface area contributed by atoms with Crippen molar-refractivity contribution in [1.29, 1.82) is 0 Å². The number of benzene rings is 1. The third-order valence-corrected chi connectivity index (χ3v) is 2.39. The Balaban J connectivity index is 2.25. The maximum absolute atomic E-state index is 5.61. The summed E-state index contributed by atoms with van der Waals surface area (Å²) in [6.45, 7) is 2.06. The van der Waals surface area contributed by atoms with Gasteiger partial charge in [0.2, 0.25) is 0 Å². The minimum absolute atomic E-state index is 0.536. The van der Waals surface area contributed by atoms with Crippen molar-refractivity contribution < 1.29 is 4.42 Å². The highest BCUT2D eigenvalue weighted by atomic mass is 35.5. The van der Waals surface area contributed by atoms with Gasteiger partial charge in [0.05, 0.1) is 6.20 Å². The van der Waals surface area contributed by atoms with Gasteiger partial charge in [-0.1, -0.05) is 29.8 Å². The lowest BCUT2D eigenvalue weighted by molar-refractivity contribution is 0.515. The lowest BCUT2D eigenvalue weighted by Crippen LogP contribution is -1.83. The number of aromatic nitrogens is 1. The summed E-state index contributed by atoms with van der Waals surface area (Å²) < 4.78 is 5.55. The van der Waals surface area contributed by atoms with Gasteiger partial charge in [-0.05, 0) is 6.92 Å². The maximum Gasteiger partial charge on any atom is 0.196 e. The van der Waals surface area contributed by atoms with Gasteiger partial charge < -0.3 is 4.42 Å². The van der Waals surface area contributed by atoms with Gasteiger partial charge in [0.1, 0.15) is 0 Å². The van der Waals surface area contributed by atoms with Crippen molar-refractivity contribution in [2.75, 3.05) is 5.88 Å². The summed E-state index contributed by atoms with van der Waals surface area (Å²) in [6, 6.07) is 8.17. The fourth-order valence-electron chi connectivity index (χ4n) is 1.36. The third-order valence-electron chi connectivity index (χ3n) is 2.20. The molecule has 0 aliphatic heterocycles. The van der Waals surface area contributed by atoms with Gasteiger partial charge >= 0.3 is 0 Å². The monoisotopic (exact) mass is 221 g/mol. The van der Waals surface area contributed by atoms with Gasteiger partial charge in [0.25, 0.3) is 0 Å². The van der Waals surface area contributed by atoms with Gasteiger partial charge in [-0.3, -0.25) is 0 Å². The molecule has 2 rings (SSSR count). The topological polar surface area (TPSA) is 26.0 Å². The number of hydrogen-bond donors (Lipinski definition) is 0. The molecule has 0 saturated heterocycles. The number of rotatable bonds is 3. The molecule has 1 aromatic heterocycles. The van der Waals surface area contributed by atoms with Crippen LogP contribution in [0.15, 0.2) is 34.9 Å². The van der Waals surface area contributed by atoms with Gasteiger partial charge in [0.15, 0.2) is 11.7 Å². The molecule has 0 radical (unpaired) electrons. The molecule has 1 heterocycles. The zero-order chi connectivity index (χ0) is 10.7. The van der Waals surface area contributed by atoms with E-state index in [1.807, 2.05) is 12.1 Å². The second kappa shape index (κ2) is 4.49. The summed E-state index contributed by atoms with van der Waals surface area (Å²) in [5, 5.41) is 0. The maximum atomic E-state index is 5.61. The molecule has 2 nitrogen and oxygen atoms in total. The van der Waals surface area contributed by atoms with Crippen molar-refractivity contribution >= 4 is 11.6 Å². The molecule has 0 atom stereocenters. The van der Waals surface area contributed by atoms with Crippen molar-refractivity contribution in [1.82, 2.24) is 4.98 Å². The molecule has 0 aliphatic carbocycles. The van der Waals surface area contributed by atoms with E-state index in [0.29, 0.717) is 18.2 Å². The van der Waals surface area contributed by atoms with Gasteiger partial charge in [-0.15, -0.1) is 11.6 Å². The fourth-order valence-corrected chi connectivity index (χ4v) is 1.52. The third kappa shape index (κ3) is 2.39. The second-order valence-corrected chi connectivity index (χ2v) is 3.80. The summed E-state index contributed by atoms with van der Waals surface area (Å²) >= 11 is 5.61. The molecular weight excluding hydrogens is 210 g/mol. The average molecular weight is 222 g/mol. The molecule has 0 aliphatic rings. The Morgan fingerprint density at radius 2 is 2.00 bits per heavy atom. The molecule has 0 spiro atoms. The highest BCUT2D eigenvalue weighted by molar-refractivity contribution is 6.17. The van der Waals surface area contributed by atoms with Crippen molar-refractivity contribution in [2.45, 2.75) is 13.3 Å². The standard InChI is InChI=1S/C12H12ClNO/c1-9-2-4-10(5-3-9)11-8-14-12(15-11)6-7-13/h2-5,8H,6-7H2,1H3. The van der Waals surface area contributed by atoms with E-state index in [1.54, 1.807) is 6.20 Å².